The lowest BCUT2D eigenvalue weighted by molar-refractivity contribution is 0.175. The molecule has 0 rings (SSSR count). The molecule has 1 unspecified atom stereocenters. The van der Waals surface area contributed by atoms with Crippen LogP contribution >= 0.6 is 0 Å². The predicted molar refractivity (Wildman–Crippen MR) is 52.4 cm³/mol. The van der Waals surface area contributed by atoms with Crippen LogP contribution < -0.4 is 5.73 Å². The van der Waals surface area contributed by atoms with Gasteiger partial charge in [-0.1, -0.05) is 34.6 Å². The van der Waals surface area contributed by atoms with E-state index in [1.54, 1.807) is 0 Å². The summed E-state index contributed by atoms with van der Waals surface area (Å²) in [7, 11) is 0. The number of rotatable bonds is 3. The Balaban J connectivity index is 3.95. The first kappa shape index (κ1) is 11.9. The van der Waals surface area contributed by atoms with Crippen LogP contribution in [0.1, 0.15) is 41.0 Å². The summed E-state index contributed by atoms with van der Waals surface area (Å²) >= 11 is 0. The fourth-order valence-electron chi connectivity index (χ4n) is 1.10. The Morgan fingerprint density at radius 1 is 1.33 bits per heavy atom. The normalized spacial score (nSPS) is 15.8. The summed E-state index contributed by atoms with van der Waals surface area (Å²) in [6, 6.07) is -0.0256. The van der Waals surface area contributed by atoms with Crippen molar-refractivity contribution in [3.05, 3.63) is 5.21 Å². The molecule has 0 saturated carbocycles. The molecule has 0 aromatic rings. The van der Waals surface area contributed by atoms with Gasteiger partial charge in [0, 0.05) is 6.17 Å². The van der Waals surface area contributed by atoms with Crippen molar-refractivity contribution in [3.63, 3.8) is 0 Å². The Morgan fingerprint density at radius 2 is 1.75 bits per heavy atom. The molecule has 12 heavy (non-hydrogen) atoms. The lowest BCUT2D eigenvalue weighted by Crippen LogP contribution is -2.44. The van der Waals surface area contributed by atoms with E-state index in [0.717, 1.165) is 11.5 Å². The lowest BCUT2D eigenvalue weighted by Gasteiger charge is -2.40. The Hall–Kier alpha value is -0.120. The Labute approximate surface area is 75.5 Å². The van der Waals surface area contributed by atoms with Crippen LogP contribution in [0.25, 0.3) is 0 Å². The summed E-state index contributed by atoms with van der Waals surface area (Å²) in [5, 5.41) is 12.3. The zero-order valence-corrected chi connectivity index (χ0v) is 8.79. The van der Waals surface area contributed by atoms with E-state index in [2.05, 4.69) is 20.8 Å². The van der Waals surface area contributed by atoms with Gasteiger partial charge in [-0.3, -0.25) is 0 Å². The average molecular weight is 173 g/mol. The van der Waals surface area contributed by atoms with Crippen LogP contribution in [0, 0.1) is 10.6 Å². The standard InChI is InChI=1S/C9H21N2O/c1-7(2)11(12)8(10)6-9(3,4)5/h7-8H,6,10H2,1-5H3/q-1. The molecule has 0 heterocycles. The molecule has 3 nitrogen and oxygen atoms in total. The van der Waals surface area contributed by atoms with Crippen molar-refractivity contribution < 1.29 is 0 Å². The Morgan fingerprint density at radius 3 is 2.00 bits per heavy atom. The predicted octanol–water partition coefficient (Wildman–Crippen LogP) is 1.92. The highest BCUT2D eigenvalue weighted by atomic mass is 16.5. The molecule has 0 saturated heterocycles. The molecule has 3 heteroatoms. The molecule has 0 aromatic heterocycles. The smallest absolute Gasteiger partial charge is 0.0463 e. The largest absolute Gasteiger partial charge is 0.784 e. The molecular weight excluding hydrogens is 152 g/mol. The van der Waals surface area contributed by atoms with E-state index in [1.807, 2.05) is 13.8 Å². The number of nitrogens with two attached hydrogens (primary N) is 1. The molecule has 0 radical (unpaired) electrons. The van der Waals surface area contributed by atoms with Crippen LogP contribution in [0.3, 0.4) is 0 Å². The van der Waals surface area contributed by atoms with E-state index < -0.39 is 0 Å². The fourth-order valence-corrected chi connectivity index (χ4v) is 1.10. The minimum absolute atomic E-state index is 0.0256. The van der Waals surface area contributed by atoms with Crippen LogP contribution in [0.2, 0.25) is 0 Å². The van der Waals surface area contributed by atoms with Gasteiger partial charge in [0.2, 0.25) is 0 Å². The van der Waals surface area contributed by atoms with Crippen LogP contribution in [0.4, 0.5) is 0 Å². The van der Waals surface area contributed by atoms with Crippen LogP contribution in [-0.4, -0.2) is 17.3 Å². The fraction of sp³-hybridized carbons (Fsp3) is 1.00. The van der Waals surface area contributed by atoms with E-state index in [0.29, 0.717) is 0 Å². The van der Waals surface area contributed by atoms with Crippen molar-refractivity contribution in [2.24, 2.45) is 11.1 Å². The topological polar surface area (TPSA) is 52.3 Å². The van der Waals surface area contributed by atoms with E-state index >= 15 is 0 Å². The first-order valence-electron chi connectivity index (χ1n) is 4.45. The number of hydroxylamine groups is 2. The zero-order chi connectivity index (χ0) is 9.94. The molecule has 0 amide bonds. The first-order valence-corrected chi connectivity index (χ1v) is 4.45. The molecule has 1 atom stereocenters. The molecule has 0 fully saturated rings. The number of nitrogens with zero attached hydrogens (tertiary/aromatic N) is 1. The number of hydrogen-bond donors (Lipinski definition) is 1. The van der Waals surface area contributed by atoms with Gasteiger partial charge in [0.25, 0.3) is 0 Å². The summed E-state index contributed by atoms with van der Waals surface area (Å²) in [6.07, 6.45) is 0.360. The molecule has 0 aliphatic carbocycles. The van der Waals surface area contributed by atoms with Crippen LogP contribution in [0.5, 0.6) is 0 Å². The van der Waals surface area contributed by atoms with Crippen molar-refractivity contribution in [1.29, 1.82) is 0 Å². The van der Waals surface area contributed by atoms with Crippen LogP contribution in [-0.2, 0) is 0 Å². The van der Waals surface area contributed by atoms with Crippen molar-refractivity contribution in [3.8, 4) is 0 Å². The Bertz CT molecular complexity index is 129. The summed E-state index contributed by atoms with van der Waals surface area (Å²) < 4.78 is 0. The van der Waals surface area contributed by atoms with Gasteiger partial charge in [-0.15, -0.1) is 0 Å². The zero-order valence-electron chi connectivity index (χ0n) is 8.79. The van der Waals surface area contributed by atoms with Gasteiger partial charge in [-0.05, 0) is 17.9 Å². The molecule has 0 aromatic carbocycles. The van der Waals surface area contributed by atoms with Gasteiger partial charge in [0.15, 0.2) is 0 Å². The molecular formula is C9H21N2O-. The second-order valence-corrected chi connectivity index (χ2v) is 4.79. The minimum atomic E-state index is -0.370. The summed E-state index contributed by atoms with van der Waals surface area (Å²) in [6.45, 7) is 9.97. The van der Waals surface area contributed by atoms with Crippen molar-refractivity contribution >= 4 is 0 Å². The second-order valence-electron chi connectivity index (χ2n) is 4.79. The lowest BCUT2D eigenvalue weighted by atomic mass is 9.90. The maximum absolute atomic E-state index is 11.3. The maximum Gasteiger partial charge on any atom is 0.0463 e. The Kier molecular flexibility index (Phi) is 4.17. The third-order valence-electron chi connectivity index (χ3n) is 1.66. The molecule has 2 N–H and O–H groups in total. The SMILES string of the molecule is CC(C)N([O-])C(N)CC(C)(C)C. The number of hydrogen-bond acceptors (Lipinski definition) is 3. The highest BCUT2D eigenvalue weighted by Gasteiger charge is 2.17. The molecule has 0 aliphatic rings. The summed E-state index contributed by atoms with van der Waals surface area (Å²) in [4.78, 5) is 0. The molecule has 0 aliphatic heterocycles. The molecule has 74 valence electrons. The van der Waals surface area contributed by atoms with Gasteiger partial charge in [0.05, 0.1) is 0 Å². The van der Waals surface area contributed by atoms with Gasteiger partial charge in [0.1, 0.15) is 0 Å². The average Bonchev–Trinajstić information content (AvgIpc) is 1.82. The quantitative estimate of drug-likeness (QED) is 0.524. The highest BCUT2D eigenvalue weighted by Crippen LogP contribution is 2.21. The van der Waals surface area contributed by atoms with E-state index in [4.69, 9.17) is 5.73 Å². The molecule has 0 spiro atoms. The summed E-state index contributed by atoms with van der Waals surface area (Å²) in [5.41, 5.74) is 5.84. The highest BCUT2D eigenvalue weighted by molar-refractivity contribution is 4.75. The van der Waals surface area contributed by atoms with Gasteiger partial charge < -0.3 is 16.0 Å². The van der Waals surface area contributed by atoms with Crippen LogP contribution in [0.15, 0.2) is 0 Å². The van der Waals surface area contributed by atoms with Crippen molar-refractivity contribution in [2.75, 3.05) is 0 Å². The van der Waals surface area contributed by atoms with E-state index in [9.17, 15) is 5.21 Å². The second kappa shape index (κ2) is 4.21. The van der Waals surface area contributed by atoms with E-state index in [-0.39, 0.29) is 17.6 Å². The van der Waals surface area contributed by atoms with Gasteiger partial charge in [-0.2, -0.15) is 0 Å². The van der Waals surface area contributed by atoms with Gasteiger partial charge in [-0.25, -0.2) is 0 Å². The van der Waals surface area contributed by atoms with Crippen molar-refractivity contribution in [1.82, 2.24) is 5.06 Å². The van der Waals surface area contributed by atoms with E-state index in [1.165, 1.54) is 0 Å². The maximum atomic E-state index is 11.3. The monoisotopic (exact) mass is 173 g/mol. The van der Waals surface area contributed by atoms with Gasteiger partial charge >= 0.3 is 0 Å². The third-order valence-corrected chi connectivity index (χ3v) is 1.66. The molecule has 0 bridgehead atoms. The summed E-state index contributed by atoms with van der Waals surface area (Å²) in [5.74, 6) is 0. The van der Waals surface area contributed by atoms with Crippen molar-refractivity contribution in [2.45, 2.75) is 53.2 Å². The third kappa shape index (κ3) is 4.70. The first-order chi connectivity index (χ1) is 5.24. The minimum Gasteiger partial charge on any atom is -0.784 e.